The van der Waals surface area contributed by atoms with Crippen LogP contribution in [0, 0.1) is 13.8 Å². The third-order valence-electron chi connectivity index (χ3n) is 3.94. The van der Waals surface area contributed by atoms with Crippen molar-refractivity contribution in [1.29, 1.82) is 0 Å². The molecule has 0 aliphatic carbocycles. The Morgan fingerprint density at radius 2 is 1.81 bits per heavy atom. The second-order valence-electron chi connectivity index (χ2n) is 5.88. The van der Waals surface area contributed by atoms with Gasteiger partial charge in [-0.25, -0.2) is 4.99 Å². The van der Waals surface area contributed by atoms with E-state index in [2.05, 4.69) is 10.3 Å². The number of amides is 1. The molecule has 0 unspecified atom stereocenters. The molecule has 26 heavy (non-hydrogen) atoms. The summed E-state index contributed by atoms with van der Waals surface area (Å²) in [6.45, 7) is 3.98. The predicted molar refractivity (Wildman–Crippen MR) is 106 cm³/mol. The van der Waals surface area contributed by atoms with Crippen molar-refractivity contribution >= 4 is 34.6 Å². The number of hydrogen-bond donors (Lipinski definition) is 1. The highest BCUT2D eigenvalue weighted by Gasteiger charge is 2.24. The molecule has 0 bridgehead atoms. The molecule has 0 saturated carbocycles. The number of nitrogens with zero attached hydrogens (tertiary/aromatic N) is 1. The predicted octanol–water partition coefficient (Wildman–Crippen LogP) is 4.21. The highest BCUT2D eigenvalue weighted by molar-refractivity contribution is 8.18. The van der Waals surface area contributed by atoms with Gasteiger partial charge in [0.15, 0.2) is 16.7 Å². The first-order valence-corrected chi connectivity index (χ1v) is 8.90. The van der Waals surface area contributed by atoms with Crippen molar-refractivity contribution in [2.75, 3.05) is 14.2 Å². The third-order valence-corrected chi connectivity index (χ3v) is 4.85. The maximum absolute atomic E-state index is 12.3. The second kappa shape index (κ2) is 7.66. The van der Waals surface area contributed by atoms with Crippen LogP contribution in [0.2, 0.25) is 0 Å². The minimum atomic E-state index is -0.157. The topological polar surface area (TPSA) is 59.9 Å². The lowest BCUT2D eigenvalue weighted by Crippen LogP contribution is -2.19. The molecule has 1 aliphatic rings. The Kier molecular flexibility index (Phi) is 5.32. The van der Waals surface area contributed by atoms with Gasteiger partial charge in [0.1, 0.15) is 0 Å². The van der Waals surface area contributed by atoms with Crippen LogP contribution >= 0.6 is 11.8 Å². The number of carbonyl (C=O) groups is 1. The molecular formula is C20H20N2O3S. The number of thioether (sulfide) groups is 1. The molecule has 1 fully saturated rings. The number of nitrogens with one attached hydrogen (secondary N) is 1. The molecule has 1 aliphatic heterocycles. The number of ether oxygens (including phenoxy) is 2. The van der Waals surface area contributed by atoms with Crippen molar-refractivity contribution in [2.45, 2.75) is 13.8 Å². The lowest BCUT2D eigenvalue weighted by atomic mass is 10.1. The number of carbonyl (C=O) groups excluding carboxylic acids is 1. The molecule has 1 saturated heterocycles. The van der Waals surface area contributed by atoms with Crippen LogP contribution in [0.15, 0.2) is 46.3 Å². The van der Waals surface area contributed by atoms with E-state index >= 15 is 0 Å². The maximum Gasteiger partial charge on any atom is 0.264 e. The summed E-state index contributed by atoms with van der Waals surface area (Å²) in [5.41, 5.74) is 3.83. The van der Waals surface area contributed by atoms with Crippen molar-refractivity contribution in [2.24, 2.45) is 4.99 Å². The number of amidine groups is 1. The Morgan fingerprint density at radius 1 is 1.08 bits per heavy atom. The van der Waals surface area contributed by atoms with Gasteiger partial charge in [-0.3, -0.25) is 4.79 Å². The lowest BCUT2D eigenvalue weighted by Gasteiger charge is -2.10. The van der Waals surface area contributed by atoms with Crippen molar-refractivity contribution in [3.8, 4) is 11.5 Å². The number of rotatable bonds is 4. The van der Waals surface area contributed by atoms with Crippen LogP contribution in [0.3, 0.4) is 0 Å². The van der Waals surface area contributed by atoms with E-state index in [4.69, 9.17) is 9.47 Å². The van der Waals surface area contributed by atoms with E-state index in [1.165, 1.54) is 11.8 Å². The number of hydrogen-bond acceptors (Lipinski definition) is 5. The Morgan fingerprint density at radius 3 is 2.50 bits per heavy atom. The van der Waals surface area contributed by atoms with E-state index in [1.54, 1.807) is 14.2 Å². The molecule has 3 rings (SSSR count). The van der Waals surface area contributed by atoms with Gasteiger partial charge in [-0.05, 0) is 72.6 Å². The first-order chi connectivity index (χ1) is 12.5. The van der Waals surface area contributed by atoms with Gasteiger partial charge in [0, 0.05) is 0 Å². The molecule has 6 heteroatoms. The summed E-state index contributed by atoms with van der Waals surface area (Å²) in [7, 11) is 3.19. The Hall–Kier alpha value is -2.73. The highest BCUT2D eigenvalue weighted by Crippen LogP contribution is 2.34. The molecule has 0 aromatic heterocycles. The summed E-state index contributed by atoms with van der Waals surface area (Å²) < 4.78 is 10.7. The van der Waals surface area contributed by atoms with Gasteiger partial charge in [0.2, 0.25) is 0 Å². The van der Waals surface area contributed by atoms with Gasteiger partial charge in [0.05, 0.1) is 24.8 Å². The van der Waals surface area contributed by atoms with E-state index in [0.717, 1.165) is 22.4 Å². The Labute approximate surface area is 157 Å². The smallest absolute Gasteiger partial charge is 0.264 e. The van der Waals surface area contributed by atoms with Gasteiger partial charge in [0.25, 0.3) is 5.91 Å². The molecular weight excluding hydrogens is 348 g/mol. The van der Waals surface area contributed by atoms with Gasteiger partial charge in [-0.1, -0.05) is 12.1 Å². The zero-order chi connectivity index (χ0) is 18.7. The summed E-state index contributed by atoms with van der Waals surface area (Å²) in [6, 6.07) is 11.6. The maximum atomic E-state index is 12.3. The molecule has 1 amide bonds. The van der Waals surface area contributed by atoms with E-state index < -0.39 is 0 Å². The van der Waals surface area contributed by atoms with Crippen LogP contribution in [-0.2, 0) is 4.79 Å². The first kappa shape index (κ1) is 18.1. The number of benzene rings is 2. The molecule has 2 aromatic carbocycles. The molecule has 5 nitrogen and oxygen atoms in total. The summed E-state index contributed by atoms with van der Waals surface area (Å²) in [5.74, 6) is 1.13. The van der Waals surface area contributed by atoms with Crippen LogP contribution in [0.1, 0.15) is 16.7 Å². The molecule has 0 spiro atoms. The van der Waals surface area contributed by atoms with Crippen LogP contribution in [0.4, 0.5) is 5.69 Å². The summed E-state index contributed by atoms with van der Waals surface area (Å²) in [6.07, 6.45) is 1.84. The zero-order valence-corrected chi connectivity index (χ0v) is 15.9. The number of methoxy groups -OCH3 is 2. The fourth-order valence-corrected chi connectivity index (χ4v) is 3.42. The first-order valence-electron chi connectivity index (χ1n) is 8.09. The van der Waals surface area contributed by atoms with E-state index in [1.807, 2.05) is 56.3 Å². The molecule has 0 radical (unpaired) electrons. The van der Waals surface area contributed by atoms with Gasteiger partial charge >= 0.3 is 0 Å². The van der Waals surface area contributed by atoms with Crippen molar-refractivity contribution in [3.05, 3.63) is 58.0 Å². The summed E-state index contributed by atoms with van der Waals surface area (Å²) >= 11 is 1.32. The van der Waals surface area contributed by atoms with Crippen molar-refractivity contribution in [1.82, 2.24) is 5.32 Å². The van der Waals surface area contributed by atoms with Gasteiger partial charge < -0.3 is 14.8 Å². The minimum absolute atomic E-state index is 0.157. The van der Waals surface area contributed by atoms with E-state index in [0.29, 0.717) is 21.6 Å². The highest BCUT2D eigenvalue weighted by atomic mass is 32.2. The van der Waals surface area contributed by atoms with E-state index in [-0.39, 0.29) is 5.91 Å². The molecule has 0 atom stereocenters. The number of aliphatic imine (C=N–C) groups is 1. The largest absolute Gasteiger partial charge is 0.493 e. The molecule has 1 heterocycles. The average Bonchev–Trinajstić information content (AvgIpc) is 2.95. The SMILES string of the molecule is COc1cc(C)c(/C=C2\SC(=Nc3cccc(C)c3)NC2=O)cc1OC. The van der Waals surface area contributed by atoms with Crippen LogP contribution in [-0.4, -0.2) is 25.3 Å². The van der Waals surface area contributed by atoms with Crippen LogP contribution < -0.4 is 14.8 Å². The zero-order valence-electron chi connectivity index (χ0n) is 15.1. The van der Waals surface area contributed by atoms with Crippen LogP contribution in [0.5, 0.6) is 11.5 Å². The quantitative estimate of drug-likeness (QED) is 0.821. The Bertz CT molecular complexity index is 919. The summed E-state index contributed by atoms with van der Waals surface area (Å²) in [4.78, 5) is 17.4. The van der Waals surface area contributed by atoms with E-state index in [9.17, 15) is 4.79 Å². The van der Waals surface area contributed by atoms with Crippen molar-refractivity contribution < 1.29 is 14.3 Å². The Balaban J connectivity index is 1.89. The fraction of sp³-hybridized carbons (Fsp3) is 0.200. The lowest BCUT2D eigenvalue weighted by molar-refractivity contribution is -0.115. The second-order valence-corrected chi connectivity index (χ2v) is 6.92. The molecule has 134 valence electrons. The fourth-order valence-electron chi connectivity index (χ4n) is 2.59. The van der Waals surface area contributed by atoms with Crippen molar-refractivity contribution in [3.63, 3.8) is 0 Å². The summed E-state index contributed by atoms with van der Waals surface area (Å²) in [5, 5.41) is 3.39. The monoisotopic (exact) mass is 368 g/mol. The average molecular weight is 368 g/mol. The van der Waals surface area contributed by atoms with Gasteiger partial charge in [-0.2, -0.15) is 0 Å². The van der Waals surface area contributed by atoms with Crippen LogP contribution in [0.25, 0.3) is 6.08 Å². The number of aryl methyl sites for hydroxylation is 2. The van der Waals surface area contributed by atoms with Gasteiger partial charge in [-0.15, -0.1) is 0 Å². The standard InChI is InChI=1S/C20H20N2O3S/c1-12-6-5-7-15(8-12)21-20-22-19(23)18(26-20)11-14-10-17(25-4)16(24-3)9-13(14)2/h5-11H,1-4H3,(H,21,22,23)/b18-11-. The third kappa shape index (κ3) is 3.91. The molecule has 1 N–H and O–H groups in total. The molecule has 2 aromatic rings. The minimum Gasteiger partial charge on any atom is -0.493 e. The normalized spacial score (nSPS) is 16.8.